The topological polar surface area (TPSA) is 174 Å². The Kier molecular flexibility index (Phi) is 5.34. The summed E-state index contributed by atoms with van der Waals surface area (Å²) in [5.41, 5.74) is 12.6. The number of aromatic nitrogens is 5. The average molecular weight is 329 g/mol. The van der Waals surface area contributed by atoms with Crippen LogP contribution in [0.1, 0.15) is 22.5 Å². The van der Waals surface area contributed by atoms with Gasteiger partial charge in [0, 0.05) is 12.6 Å². The van der Waals surface area contributed by atoms with Crippen LogP contribution in [0.4, 0.5) is 5.82 Å². The van der Waals surface area contributed by atoms with Gasteiger partial charge in [-0.1, -0.05) is 0 Å². The zero-order valence-corrected chi connectivity index (χ0v) is 12.5. The van der Waals surface area contributed by atoms with Crippen molar-refractivity contribution >= 4 is 28.9 Å². The first-order chi connectivity index (χ1) is 11.5. The largest absolute Gasteiger partial charge is 0.481 e. The molecular formula is C14H15N7O3. The van der Waals surface area contributed by atoms with Gasteiger partial charge in [-0.15, -0.1) is 0 Å². The quantitative estimate of drug-likeness (QED) is 0.522. The maximum absolute atomic E-state index is 10.9. The van der Waals surface area contributed by atoms with Crippen LogP contribution in [-0.2, 0) is 11.2 Å². The van der Waals surface area contributed by atoms with Gasteiger partial charge in [0.2, 0.25) is 0 Å². The molecule has 24 heavy (non-hydrogen) atoms. The molecular weight excluding hydrogens is 314 g/mol. The summed E-state index contributed by atoms with van der Waals surface area (Å²) in [7, 11) is 0. The Morgan fingerprint density at radius 1 is 1.21 bits per heavy atom. The molecule has 0 aliphatic heterocycles. The van der Waals surface area contributed by atoms with Crippen LogP contribution < -0.4 is 11.5 Å². The van der Waals surface area contributed by atoms with Crippen LogP contribution in [0.3, 0.4) is 0 Å². The number of primary amides is 1. The van der Waals surface area contributed by atoms with Crippen LogP contribution in [0.15, 0.2) is 31.0 Å². The van der Waals surface area contributed by atoms with Crippen LogP contribution in [0.2, 0.25) is 0 Å². The van der Waals surface area contributed by atoms with Crippen LogP contribution in [0, 0.1) is 0 Å². The van der Waals surface area contributed by atoms with Crippen molar-refractivity contribution in [1.29, 1.82) is 0 Å². The van der Waals surface area contributed by atoms with Crippen molar-refractivity contribution in [3.05, 3.63) is 42.2 Å². The second-order valence-corrected chi connectivity index (χ2v) is 4.62. The molecule has 3 heterocycles. The number of H-pyrrole nitrogens is 1. The number of nitrogen functional groups attached to an aromatic ring is 1. The first-order valence-electron chi connectivity index (χ1n) is 6.84. The van der Waals surface area contributed by atoms with E-state index in [-0.39, 0.29) is 18.4 Å². The third kappa shape index (κ3) is 4.22. The van der Waals surface area contributed by atoms with E-state index in [0.717, 1.165) is 0 Å². The third-order valence-corrected chi connectivity index (χ3v) is 2.98. The Bertz CT molecular complexity index is 862. The van der Waals surface area contributed by atoms with Crippen LogP contribution in [0.5, 0.6) is 0 Å². The Labute approximate surface area is 136 Å². The van der Waals surface area contributed by atoms with E-state index in [2.05, 4.69) is 24.9 Å². The predicted molar refractivity (Wildman–Crippen MR) is 84.8 cm³/mol. The Morgan fingerprint density at radius 3 is 2.67 bits per heavy atom. The molecule has 3 aromatic heterocycles. The zero-order valence-electron chi connectivity index (χ0n) is 12.5. The number of fused-ring (bicyclic) bond motifs is 1. The molecule has 0 aliphatic carbocycles. The van der Waals surface area contributed by atoms with Crippen molar-refractivity contribution in [2.75, 3.05) is 5.73 Å². The van der Waals surface area contributed by atoms with Crippen molar-refractivity contribution in [2.45, 2.75) is 12.8 Å². The molecule has 0 bridgehead atoms. The van der Waals surface area contributed by atoms with Gasteiger partial charge in [0.15, 0.2) is 11.5 Å². The maximum Gasteiger partial charge on any atom is 0.303 e. The number of aliphatic carboxylic acids is 1. The predicted octanol–water partition coefficient (Wildman–Crippen LogP) is 0.133. The maximum atomic E-state index is 10.9. The SMILES string of the molecule is NC(=O)c1cccnc1CCC(=O)O.Nc1ncnc2nc[nH]c12. The molecule has 124 valence electrons. The Balaban J connectivity index is 0.000000182. The van der Waals surface area contributed by atoms with Crippen molar-refractivity contribution in [2.24, 2.45) is 5.73 Å². The first kappa shape index (κ1) is 16.8. The number of aromatic amines is 1. The molecule has 6 N–H and O–H groups in total. The van der Waals surface area contributed by atoms with Crippen LogP contribution >= 0.6 is 0 Å². The standard InChI is InChI=1S/C9H10N2O3.C5H5N5/c10-9(14)6-2-1-5-11-7(6)3-4-8(12)13;6-4-3-5(9-1-7-3)10-2-8-4/h1-2,5H,3-4H2,(H2,10,14)(H,12,13);1-2H,(H3,6,7,8,9,10). The summed E-state index contributed by atoms with van der Waals surface area (Å²) in [5.74, 6) is -1.08. The van der Waals surface area contributed by atoms with Gasteiger partial charge in [-0.05, 0) is 12.1 Å². The first-order valence-corrected chi connectivity index (χ1v) is 6.84. The summed E-state index contributed by atoms with van der Waals surface area (Å²) < 4.78 is 0. The number of carbonyl (C=O) groups excluding carboxylic acids is 1. The highest BCUT2D eigenvalue weighted by Gasteiger charge is 2.09. The number of carbonyl (C=O) groups is 2. The van der Waals surface area contributed by atoms with Crippen molar-refractivity contribution in [1.82, 2.24) is 24.9 Å². The summed E-state index contributed by atoms with van der Waals surface area (Å²) in [5, 5.41) is 8.46. The highest BCUT2D eigenvalue weighted by molar-refractivity contribution is 5.93. The van der Waals surface area contributed by atoms with E-state index in [1.54, 1.807) is 6.07 Å². The van der Waals surface area contributed by atoms with E-state index >= 15 is 0 Å². The lowest BCUT2D eigenvalue weighted by molar-refractivity contribution is -0.136. The minimum absolute atomic E-state index is 0.0582. The lowest BCUT2D eigenvalue weighted by Crippen LogP contribution is -2.15. The van der Waals surface area contributed by atoms with Gasteiger partial charge in [-0.3, -0.25) is 14.6 Å². The number of nitrogens with zero attached hydrogens (tertiary/aromatic N) is 4. The molecule has 0 atom stereocenters. The minimum Gasteiger partial charge on any atom is -0.481 e. The highest BCUT2D eigenvalue weighted by Crippen LogP contribution is 2.09. The molecule has 0 saturated carbocycles. The van der Waals surface area contributed by atoms with Gasteiger partial charge in [0.05, 0.1) is 24.0 Å². The number of nitrogens with one attached hydrogen (secondary N) is 1. The molecule has 1 amide bonds. The number of carboxylic acid groups (broad SMARTS) is 1. The van der Waals surface area contributed by atoms with E-state index in [1.807, 2.05) is 0 Å². The number of nitrogens with two attached hydrogens (primary N) is 2. The molecule has 3 aromatic rings. The fourth-order valence-corrected chi connectivity index (χ4v) is 1.87. The van der Waals surface area contributed by atoms with E-state index in [9.17, 15) is 9.59 Å². The third-order valence-electron chi connectivity index (χ3n) is 2.98. The molecule has 0 aromatic carbocycles. The number of hydrogen-bond donors (Lipinski definition) is 4. The molecule has 0 unspecified atom stereocenters. The summed E-state index contributed by atoms with van der Waals surface area (Å²) in [6.07, 6.45) is 4.59. The number of amides is 1. The molecule has 3 rings (SSSR count). The smallest absolute Gasteiger partial charge is 0.303 e. The molecule has 0 aliphatic rings. The van der Waals surface area contributed by atoms with Crippen molar-refractivity contribution < 1.29 is 14.7 Å². The van der Waals surface area contributed by atoms with Gasteiger partial charge >= 0.3 is 5.97 Å². The Hall–Kier alpha value is -3.56. The number of aryl methyl sites for hydroxylation is 1. The Morgan fingerprint density at radius 2 is 2.00 bits per heavy atom. The number of anilines is 1. The summed E-state index contributed by atoms with van der Waals surface area (Å²) in [6.45, 7) is 0. The van der Waals surface area contributed by atoms with Crippen LogP contribution in [-0.4, -0.2) is 41.9 Å². The van der Waals surface area contributed by atoms with Gasteiger partial charge in [0.25, 0.3) is 5.91 Å². The fourth-order valence-electron chi connectivity index (χ4n) is 1.87. The zero-order chi connectivity index (χ0) is 17.5. The van der Waals surface area contributed by atoms with Crippen LogP contribution in [0.25, 0.3) is 11.2 Å². The second kappa shape index (κ2) is 7.63. The monoisotopic (exact) mass is 329 g/mol. The van der Waals surface area contributed by atoms with Crippen molar-refractivity contribution in [3.63, 3.8) is 0 Å². The van der Waals surface area contributed by atoms with E-state index < -0.39 is 11.9 Å². The molecule has 10 heteroatoms. The van der Waals surface area contributed by atoms with Crippen molar-refractivity contribution in [3.8, 4) is 0 Å². The number of imidazole rings is 1. The van der Waals surface area contributed by atoms with Gasteiger partial charge < -0.3 is 21.6 Å². The fraction of sp³-hybridized carbons (Fsp3) is 0.143. The van der Waals surface area contributed by atoms with Gasteiger partial charge in [0.1, 0.15) is 11.8 Å². The lowest BCUT2D eigenvalue weighted by atomic mass is 10.1. The lowest BCUT2D eigenvalue weighted by Gasteiger charge is -2.02. The molecule has 10 nitrogen and oxygen atoms in total. The molecule has 0 spiro atoms. The number of rotatable bonds is 4. The number of hydrogen-bond acceptors (Lipinski definition) is 7. The number of pyridine rings is 1. The van der Waals surface area contributed by atoms with Gasteiger partial charge in [-0.2, -0.15) is 0 Å². The van der Waals surface area contributed by atoms with E-state index in [1.165, 1.54) is 24.9 Å². The van der Waals surface area contributed by atoms with E-state index in [0.29, 0.717) is 22.7 Å². The summed E-state index contributed by atoms with van der Waals surface area (Å²) in [6, 6.07) is 3.12. The average Bonchev–Trinajstić information content (AvgIpc) is 3.04. The highest BCUT2D eigenvalue weighted by atomic mass is 16.4. The minimum atomic E-state index is -0.925. The van der Waals surface area contributed by atoms with E-state index in [4.69, 9.17) is 16.6 Å². The molecule has 0 fully saturated rings. The normalized spacial score (nSPS) is 10.0. The molecule has 0 radical (unpaired) electrons. The number of carboxylic acids is 1. The summed E-state index contributed by atoms with van der Waals surface area (Å²) in [4.78, 5) is 39.5. The second-order valence-electron chi connectivity index (χ2n) is 4.62. The molecule has 0 saturated heterocycles. The van der Waals surface area contributed by atoms with Gasteiger partial charge in [-0.25, -0.2) is 15.0 Å². The summed E-state index contributed by atoms with van der Waals surface area (Å²) >= 11 is 0.